The van der Waals surface area contributed by atoms with Gasteiger partial charge in [-0.25, -0.2) is 0 Å². The summed E-state index contributed by atoms with van der Waals surface area (Å²) in [6.45, 7) is 8.87. The van der Waals surface area contributed by atoms with Gasteiger partial charge >= 0.3 is 0 Å². The van der Waals surface area contributed by atoms with Crippen LogP contribution in [0.2, 0.25) is 0 Å². The van der Waals surface area contributed by atoms with E-state index in [-0.39, 0.29) is 0 Å². The van der Waals surface area contributed by atoms with E-state index in [0.29, 0.717) is 11.8 Å². The molecule has 13 heavy (non-hydrogen) atoms. The number of benzene rings is 1. The summed E-state index contributed by atoms with van der Waals surface area (Å²) in [5, 5.41) is 0. The van der Waals surface area contributed by atoms with Gasteiger partial charge in [-0.05, 0) is 11.8 Å². The van der Waals surface area contributed by atoms with E-state index in [1.165, 1.54) is 16.8 Å². The van der Waals surface area contributed by atoms with Crippen molar-refractivity contribution in [1.82, 2.24) is 0 Å². The van der Waals surface area contributed by atoms with Crippen molar-refractivity contribution >= 4 is 5.69 Å². The predicted molar refractivity (Wildman–Crippen MR) is 57.2 cm³/mol. The Bertz CT molecular complexity index is 261. The van der Waals surface area contributed by atoms with E-state index in [2.05, 4.69) is 51.6 Å². The van der Waals surface area contributed by atoms with E-state index in [1.54, 1.807) is 0 Å². The summed E-state index contributed by atoms with van der Waals surface area (Å²) in [5.41, 5.74) is 8.15. The molecule has 1 nitrogen and oxygen atoms in total. The van der Waals surface area contributed by atoms with Gasteiger partial charge in [-0.1, -0.05) is 45.9 Å². The van der Waals surface area contributed by atoms with Gasteiger partial charge in [0.25, 0.3) is 0 Å². The van der Waals surface area contributed by atoms with Crippen LogP contribution in [0.15, 0.2) is 18.2 Å². The van der Waals surface area contributed by atoms with Crippen molar-refractivity contribution in [3.8, 4) is 0 Å². The number of hydrogen-bond acceptors (Lipinski definition) is 0. The monoisotopic (exact) mass is 178 g/mol. The Labute approximate surface area is 81.0 Å². The Hall–Kier alpha value is -0.820. The summed E-state index contributed by atoms with van der Waals surface area (Å²) >= 11 is 0. The normalized spacial score (nSPS) is 11.3. The first kappa shape index (κ1) is 10.3. The van der Waals surface area contributed by atoms with Crippen molar-refractivity contribution in [1.29, 1.82) is 0 Å². The highest BCUT2D eigenvalue weighted by Gasteiger charge is 2.12. The minimum atomic E-state index is 0.575. The minimum absolute atomic E-state index is 0.575. The maximum atomic E-state index is 4.16. The van der Waals surface area contributed by atoms with Crippen LogP contribution in [-0.4, -0.2) is 0 Å². The van der Waals surface area contributed by atoms with Crippen molar-refractivity contribution in [2.45, 2.75) is 39.5 Å². The first-order chi connectivity index (χ1) is 6.04. The van der Waals surface area contributed by atoms with Crippen LogP contribution in [0, 0.1) is 0 Å². The fourth-order valence-corrected chi connectivity index (χ4v) is 1.71. The van der Waals surface area contributed by atoms with Gasteiger partial charge in [0, 0.05) is 11.1 Å². The van der Waals surface area contributed by atoms with Gasteiger partial charge in [-0.2, -0.15) is 0 Å². The molecule has 0 amide bonds. The molecule has 0 spiro atoms. The van der Waals surface area contributed by atoms with E-state index in [4.69, 9.17) is 0 Å². The van der Waals surface area contributed by atoms with Crippen LogP contribution < -0.4 is 5.73 Å². The van der Waals surface area contributed by atoms with Gasteiger partial charge in [-0.15, -0.1) is 0 Å². The molecule has 0 saturated heterocycles. The van der Waals surface area contributed by atoms with Crippen LogP contribution in [0.1, 0.15) is 50.7 Å². The molecule has 0 bridgehead atoms. The van der Waals surface area contributed by atoms with Crippen LogP contribution in [0.3, 0.4) is 0 Å². The van der Waals surface area contributed by atoms with Crippen molar-refractivity contribution < 1.29 is 5.73 Å². The highest BCUT2D eigenvalue weighted by molar-refractivity contribution is 5.49. The van der Waals surface area contributed by atoms with Crippen LogP contribution >= 0.6 is 0 Å². The Balaban J connectivity index is 3.18. The molecule has 1 aromatic rings. The zero-order valence-electron chi connectivity index (χ0n) is 9.09. The first-order valence-corrected chi connectivity index (χ1v) is 4.98. The SMILES string of the molecule is CC(C)c1cccc(C(C)C)c1[NH3+]. The lowest BCUT2D eigenvalue weighted by atomic mass is 9.93. The average Bonchev–Trinajstić information content (AvgIpc) is 2.03. The van der Waals surface area contributed by atoms with Crippen LogP contribution in [0.25, 0.3) is 0 Å². The molecular formula is C12H20N+. The Morgan fingerprint density at radius 2 is 1.31 bits per heavy atom. The molecule has 0 aliphatic heterocycles. The van der Waals surface area contributed by atoms with E-state index in [9.17, 15) is 0 Å². The highest BCUT2D eigenvalue weighted by atomic mass is 14.6. The van der Waals surface area contributed by atoms with Crippen LogP contribution in [0.4, 0.5) is 5.69 Å². The third-order valence-corrected chi connectivity index (χ3v) is 2.49. The molecule has 72 valence electrons. The molecule has 0 heterocycles. The molecule has 0 fully saturated rings. The molecular weight excluding hydrogens is 158 g/mol. The van der Waals surface area contributed by atoms with Crippen LogP contribution in [0.5, 0.6) is 0 Å². The molecule has 0 radical (unpaired) electrons. The van der Waals surface area contributed by atoms with Gasteiger partial charge in [-0.3, -0.25) is 0 Å². The van der Waals surface area contributed by atoms with E-state index >= 15 is 0 Å². The van der Waals surface area contributed by atoms with Gasteiger partial charge in [0.05, 0.1) is 0 Å². The van der Waals surface area contributed by atoms with Crippen molar-refractivity contribution in [2.24, 2.45) is 0 Å². The molecule has 1 heteroatoms. The van der Waals surface area contributed by atoms with Crippen molar-refractivity contribution in [2.75, 3.05) is 0 Å². The lowest BCUT2D eigenvalue weighted by Crippen LogP contribution is -2.43. The second-order valence-corrected chi connectivity index (χ2v) is 4.22. The zero-order valence-corrected chi connectivity index (χ0v) is 9.09. The van der Waals surface area contributed by atoms with Gasteiger partial charge in [0.15, 0.2) is 0 Å². The van der Waals surface area contributed by atoms with Gasteiger partial charge in [0.1, 0.15) is 5.69 Å². The van der Waals surface area contributed by atoms with E-state index < -0.39 is 0 Å². The maximum absolute atomic E-state index is 4.16. The third kappa shape index (κ3) is 2.10. The Morgan fingerprint density at radius 3 is 1.62 bits per heavy atom. The number of rotatable bonds is 2. The summed E-state index contributed by atoms with van der Waals surface area (Å²) < 4.78 is 0. The smallest absolute Gasteiger partial charge is 0.134 e. The topological polar surface area (TPSA) is 27.6 Å². The first-order valence-electron chi connectivity index (χ1n) is 4.98. The summed E-state index contributed by atoms with van der Waals surface area (Å²) in [6.07, 6.45) is 0. The number of hydrogen-bond donors (Lipinski definition) is 1. The standard InChI is InChI=1S/C12H19N/c1-8(2)10-6-5-7-11(9(3)4)12(10)13/h5-9H,13H2,1-4H3/p+1. The number of quaternary nitrogens is 1. The second kappa shape index (κ2) is 3.93. The van der Waals surface area contributed by atoms with Crippen LogP contribution in [-0.2, 0) is 0 Å². The van der Waals surface area contributed by atoms with Crippen molar-refractivity contribution in [3.63, 3.8) is 0 Å². The second-order valence-electron chi connectivity index (χ2n) is 4.22. The zero-order chi connectivity index (χ0) is 10.0. The molecule has 0 aliphatic rings. The minimum Gasteiger partial charge on any atom is -0.325 e. The van der Waals surface area contributed by atoms with Gasteiger partial charge < -0.3 is 5.73 Å². The Kier molecular flexibility index (Phi) is 3.10. The van der Waals surface area contributed by atoms with Gasteiger partial charge in [0.2, 0.25) is 0 Å². The summed E-state index contributed by atoms with van der Waals surface area (Å²) in [7, 11) is 0. The van der Waals surface area contributed by atoms with E-state index in [0.717, 1.165) is 0 Å². The third-order valence-electron chi connectivity index (χ3n) is 2.49. The quantitative estimate of drug-likeness (QED) is 0.721. The Morgan fingerprint density at radius 1 is 0.923 bits per heavy atom. The molecule has 0 atom stereocenters. The largest absolute Gasteiger partial charge is 0.325 e. The summed E-state index contributed by atoms with van der Waals surface area (Å²) in [5.74, 6) is 1.15. The lowest BCUT2D eigenvalue weighted by molar-refractivity contribution is -0.257. The molecule has 1 aromatic carbocycles. The lowest BCUT2D eigenvalue weighted by Gasteiger charge is -2.12. The molecule has 1 rings (SSSR count). The fourth-order valence-electron chi connectivity index (χ4n) is 1.71. The molecule has 0 aliphatic carbocycles. The summed E-state index contributed by atoms with van der Waals surface area (Å²) in [6, 6.07) is 6.50. The molecule has 0 saturated carbocycles. The molecule has 3 N–H and O–H groups in total. The molecule has 0 unspecified atom stereocenters. The maximum Gasteiger partial charge on any atom is 0.134 e. The van der Waals surface area contributed by atoms with E-state index in [1.807, 2.05) is 0 Å². The summed E-state index contributed by atoms with van der Waals surface area (Å²) in [4.78, 5) is 0. The highest BCUT2D eigenvalue weighted by Crippen LogP contribution is 2.27. The molecule has 0 aromatic heterocycles. The predicted octanol–water partition coefficient (Wildman–Crippen LogP) is 2.81. The van der Waals surface area contributed by atoms with Crippen molar-refractivity contribution in [3.05, 3.63) is 29.3 Å². The average molecular weight is 178 g/mol. The fraction of sp³-hybridized carbons (Fsp3) is 0.500.